The number of hydrogen-bond acceptors (Lipinski definition) is 4. The maximum absolute atomic E-state index is 12.1. The lowest BCUT2D eigenvalue weighted by Gasteiger charge is -2.18. The number of nitrogen functional groups attached to an aromatic ring is 1. The standard InChI is InChI=1S/C14H17N3OS/c1-10-5-3-4-6-11(10)8-17(2)13(18)7-12-9-19-14(15)16-12/h3-6,9H,7-8H2,1-2H3,(H2,15,16). The van der Waals surface area contributed by atoms with Crippen LogP contribution < -0.4 is 5.73 Å². The fourth-order valence-electron chi connectivity index (χ4n) is 1.82. The summed E-state index contributed by atoms with van der Waals surface area (Å²) >= 11 is 1.36. The molecule has 0 aliphatic heterocycles. The van der Waals surface area contributed by atoms with Gasteiger partial charge in [0.05, 0.1) is 12.1 Å². The first-order chi connectivity index (χ1) is 9.06. The number of nitrogens with two attached hydrogens (primary N) is 1. The van der Waals surface area contributed by atoms with E-state index < -0.39 is 0 Å². The van der Waals surface area contributed by atoms with E-state index in [1.54, 1.807) is 4.90 Å². The predicted molar refractivity (Wildman–Crippen MR) is 77.9 cm³/mol. The van der Waals surface area contributed by atoms with E-state index >= 15 is 0 Å². The molecule has 0 aliphatic rings. The maximum atomic E-state index is 12.1. The van der Waals surface area contributed by atoms with Crippen LogP contribution >= 0.6 is 11.3 Å². The lowest BCUT2D eigenvalue weighted by Crippen LogP contribution is -2.28. The number of aryl methyl sites for hydroxylation is 1. The molecule has 2 aromatic rings. The fraction of sp³-hybridized carbons (Fsp3) is 0.286. The van der Waals surface area contributed by atoms with Crippen LogP contribution in [0.3, 0.4) is 0 Å². The van der Waals surface area contributed by atoms with E-state index in [1.165, 1.54) is 16.9 Å². The molecule has 1 aromatic carbocycles. The van der Waals surface area contributed by atoms with E-state index in [9.17, 15) is 4.79 Å². The molecule has 0 aliphatic carbocycles. The average Bonchev–Trinajstić information content (AvgIpc) is 2.77. The minimum Gasteiger partial charge on any atom is -0.375 e. The average molecular weight is 275 g/mol. The molecule has 100 valence electrons. The van der Waals surface area contributed by atoms with Crippen LogP contribution in [0.5, 0.6) is 0 Å². The van der Waals surface area contributed by atoms with Gasteiger partial charge in [-0.05, 0) is 18.1 Å². The molecule has 5 heteroatoms. The van der Waals surface area contributed by atoms with E-state index in [1.807, 2.05) is 30.6 Å². The Balaban J connectivity index is 1.98. The number of carbonyl (C=O) groups excluding carboxylic acids is 1. The molecule has 0 atom stereocenters. The first-order valence-electron chi connectivity index (χ1n) is 6.04. The highest BCUT2D eigenvalue weighted by Gasteiger charge is 2.12. The number of benzene rings is 1. The molecule has 0 spiro atoms. The van der Waals surface area contributed by atoms with Crippen LogP contribution in [0.4, 0.5) is 5.13 Å². The third kappa shape index (κ3) is 3.54. The van der Waals surface area contributed by atoms with Crippen molar-refractivity contribution < 1.29 is 4.79 Å². The Hall–Kier alpha value is -1.88. The van der Waals surface area contributed by atoms with Crippen LogP contribution in [0.2, 0.25) is 0 Å². The van der Waals surface area contributed by atoms with Gasteiger partial charge >= 0.3 is 0 Å². The monoisotopic (exact) mass is 275 g/mol. The lowest BCUT2D eigenvalue weighted by atomic mass is 10.1. The summed E-state index contributed by atoms with van der Waals surface area (Å²) in [5.41, 5.74) is 8.65. The number of anilines is 1. The van der Waals surface area contributed by atoms with Crippen LogP contribution in [0.15, 0.2) is 29.6 Å². The molecule has 4 nitrogen and oxygen atoms in total. The first-order valence-corrected chi connectivity index (χ1v) is 6.92. The molecule has 0 fully saturated rings. The second kappa shape index (κ2) is 5.84. The molecule has 1 heterocycles. The van der Waals surface area contributed by atoms with Gasteiger partial charge in [0.25, 0.3) is 0 Å². The maximum Gasteiger partial charge on any atom is 0.228 e. The van der Waals surface area contributed by atoms with Crippen molar-refractivity contribution in [2.45, 2.75) is 19.9 Å². The Morgan fingerprint density at radius 1 is 1.42 bits per heavy atom. The van der Waals surface area contributed by atoms with Crippen molar-refractivity contribution in [3.8, 4) is 0 Å². The van der Waals surface area contributed by atoms with Crippen molar-refractivity contribution in [1.29, 1.82) is 0 Å². The van der Waals surface area contributed by atoms with Crippen molar-refractivity contribution in [3.05, 3.63) is 46.5 Å². The first kappa shape index (κ1) is 13.5. The van der Waals surface area contributed by atoms with Gasteiger partial charge in [0, 0.05) is 19.0 Å². The topological polar surface area (TPSA) is 59.2 Å². The van der Waals surface area contributed by atoms with E-state index in [2.05, 4.69) is 18.0 Å². The van der Waals surface area contributed by atoms with Gasteiger partial charge in [-0.1, -0.05) is 24.3 Å². The number of hydrogen-bond donors (Lipinski definition) is 1. The number of aromatic nitrogens is 1. The Morgan fingerprint density at radius 2 is 2.16 bits per heavy atom. The zero-order valence-electron chi connectivity index (χ0n) is 11.1. The number of rotatable bonds is 4. The molecule has 2 N–H and O–H groups in total. The van der Waals surface area contributed by atoms with Gasteiger partial charge in [0.1, 0.15) is 0 Å². The van der Waals surface area contributed by atoms with Crippen LogP contribution in [0.1, 0.15) is 16.8 Å². The molecular formula is C14H17N3OS. The van der Waals surface area contributed by atoms with Gasteiger partial charge in [-0.3, -0.25) is 4.79 Å². The summed E-state index contributed by atoms with van der Waals surface area (Å²) in [6.45, 7) is 2.67. The SMILES string of the molecule is Cc1ccccc1CN(C)C(=O)Cc1csc(N)n1. The fourth-order valence-corrected chi connectivity index (χ4v) is 2.39. The van der Waals surface area contributed by atoms with Crippen LogP contribution in [-0.4, -0.2) is 22.8 Å². The second-order valence-electron chi connectivity index (χ2n) is 4.53. The summed E-state index contributed by atoms with van der Waals surface area (Å²) in [7, 11) is 1.81. The molecular weight excluding hydrogens is 258 g/mol. The third-order valence-electron chi connectivity index (χ3n) is 3.00. The van der Waals surface area contributed by atoms with Gasteiger partial charge in [-0.25, -0.2) is 4.98 Å². The van der Waals surface area contributed by atoms with E-state index in [0.29, 0.717) is 18.1 Å². The van der Waals surface area contributed by atoms with Crippen molar-refractivity contribution in [2.75, 3.05) is 12.8 Å². The summed E-state index contributed by atoms with van der Waals surface area (Å²) < 4.78 is 0. The largest absolute Gasteiger partial charge is 0.375 e. The van der Waals surface area contributed by atoms with Gasteiger partial charge < -0.3 is 10.6 Å². The predicted octanol–water partition coefficient (Wildman–Crippen LogP) is 2.23. The van der Waals surface area contributed by atoms with Crippen molar-refractivity contribution in [3.63, 3.8) is 0 Å². The van der Waals surface area contributed by atoms with Crippen molar-refractivity contribution >= 4 is 22.4 Å². The third-order valence-corrected chi connectivity index (χ3v) is 3.72. The highest BCUT2D eigenvalue weighted by Crippen LogP contribution is 2.14. The number of thiazole rings is 1. The Kier molecular flexibility index (Phi) is 4.16. The molecule has 0 unspecified atom stereocenters. The lowest BCUT2D eigenvalue weighted by molar-refractivity contribution is -0.129. The minimum absolute atomic E-state index is 0.0496. The number of carbonyl (C=O) groups is 1. The number of likely N-dealkylation sites (N-methyl/N-ethyl adjacent to an activating group) is 1. The molecule has 1 aromatic heterocycles. The summed E-state index contributed by atoms with van der Waals surface area (Å²) in [5, 5.41) is 2.33. The van der Waals surface area contributed by atoms with Crippen LogP contribution in [0.25, 0.3) is 0 Å². The Bertz CT molecular complexity index is 580. The Morgan fingerprint density at radius 3 is 2.79 bits per heavy atom. The zero-order valence-corrected chi connectivity index (χ0v) is 11.9. The normalized spacial score (nSPS) is 10.4. The van der Waals surface area contributed by atoms with Crippen molar-refractivity contribution in [1.82, 2.24) is 9.88 Å². The van der Waals surface area contributed by atoms with Gasteiger partial charge in [-0.2, -0.15) is 0 Å². The highest BCUT2D eigenvalue weighted by molar-refractivity contribution is 7.13. The zero-order chi connectivity index (χ0) is 13.8. The van der Waals surface area contributed by atoms with E-state index in [4.69, 9.17) is 5.73 Å². The molecule has 0 radical (unpaired) electrons. The van der Waals surface area contributed by atoms with E-state index in [-0.39, 0.29) is 5.91 Å². The van der Waals surface area contributed by atoms with Crippen LogP contribution in [0, 0.1) is 6.92 Å². The molecule has 2 rings (SSSR count). The van der Waals surface area contributed by atoms with Gasteiger partial charge in [-0.15, -0.1) is 11.3 Å². The summed E-state index contributed by atoms with van der Waals surface area (Å²) in [6, 6.07) is 8.08. The number of nitrogens with zero attached hydrogens (tertiary/aromatic N) is 2. The molecule has 0 saturated carbocycles. The molecule has 19 heavy (non-hydrogen) atoms. The minimum atomic E-state index is 0.0496. The Labute approximate surface area is 116 Å². The smallest absolute Gasteiger partial charge is 0.228 e. The molecule has 0 saturated heterocycles. The highest BCUT2D eigenvalue weighted by atomic mass is 32.1. The van der Waals surface area contributed by atoms with E-state index in [0.717, 1.165) is 11.3 Å². The molecule has 0 bridgehead atoms. The number of amides is 1. The summed E-state index contributed by atoms with van der Waals surface area (Å²) in [6.07, 6.45) is 0.302. The summed E-state index contributed by atoms with van der Waals surface area (Å²) in [4.78, 5) is 17.9. The van der Waals surface area contributed by atoms with Gasteiger partial charge in [0.15, 0.2) is 5.13 Å². The van der Waals surface area contributed by atoms with Crippen LogP contribution in [-0.2, 0) is 17.8 Å². The summed E-state index contributed by atoms with van der Waals surface area (Å²) in [5.74, 6) is 0.0496. The van der Waals surface area contributed by atoms with Gasteiger partial charge in [0.2, 0.25) is 5.91 Å². The quantitative estimate of drug-likeness (QED) is 0.931. The molecule has 1 amide bonds. The van der Waals surface area contributed by atoms with Crippen molar-refractivity contribution in [2.24, 2.45) is 0 Å². The second-order valence-corrected chi connectivity index (χ2v) is 5.42.